The molecule has 0 saturated heterocycles. The van der Waals surface area contributed by atoms with Gasteiger partial charge in [0, 0.05) is 23.2 Å². The van der Waals surface area contributed by atoms with Crippen molar-refractivity contribution in [3.05, 3.63) is 50.6 Å². The zero-order valence-electron chi connectivity index (χ0n) is 15.8. The summed E-state index contributed by atoms with van der Waals surface area (Å²) in [5.41, 5.74) is 1.69. The Morgan fingerprint density at radius 2 is 1.89 bits per heavy atom. The van der Waals surface area contributed by atoms with E-state index in [1.54, 1.807) is 19.2 Å². The normalized spacial score (nSPS) is 11.7. The van der Waals surface area contributed by atoms with Crippen molar-refractivity contribution in [3.8, 4) is 0 Å². The molecule has 148 valence electrons. The Kier molecular flexibility index (Phi) is 5.64. The zero-order chi connectivity index (χ0) is 20.6. The molecule has 10 heteroatoms. The SMILES string of the molecule is Cc1sc2nc(SCC(=O)c3ccc(NS(C)(=O)=O)cc3)n(C)c(=O)c2c1C. The van der Waals surface area contributed by atoms with E-state index in [1.807, 2.05) is 13.8 Å². The molecule has 0 aliphatic heterocycles. The van der Waals surface area contributed by atoms with E-state index in [1.165, 1.54) is 39.8 Å². The first-order valence-corrected chi connectivity index (χ1v) is 12.0. The molecule has 3 aromatic rings. The number of fused-ring (bicyclic) bond motifs is 1. The molecule has 0 aliphatic rings. The number of ketones is 1. The number of hydrogen-bond donors (Lipinski definition) is 1. The maximum atomic E-state index is 12.6. The molecule has 0 spiro atoms. The highest BCUT2D eigenvalue weighted by molar-refractivity contribution is 7.99. The summed E-state index contributed by atoms with van der Waals surface area (Å²) in [5.74, 6) is -0.0164. The molecule has 2 aromatic heterocycles. The van der Waals surface area contributed by atoms with Gasteiger partial charge in [-0.1, -0.05) is 11.8 Å². The molecule has 1 aromatic carbocycles. The van der Waals surface area contributed by atoms with E-state index in [0.717, 1.165) is 16.7 Å². The molecule has 1 N–H and O–H groups in total. The standard InChI is InChI=1S/C18H19N3O4S3/c1-10-11(2)27-16-15(10)17(23)21(3)18(19-16)26-9-14(22)12-5-7-13(8-6-12)20-28(4,24)25/h5-8,20H,9H2,1-4H3. The van der Waals surface area contributed by atoms with Crippen molar-refractivity contribution in [2.24, 2.45) is 7.05 Å². The number of nitrogens with zero attached hydrogens (tertiary/aromatic N) is 2. The third kappa shape index (κ3) is 4.29. The van der Waals surface area contributed by atoms with Crippen LogP contribution >= 0.6 is 23.1 Å². The van der Waals surface area contributed by atoms with E-state index in [-0.39, 0.29) is 17.1 Å². The van der Waals surface area contributed by atoms with E-state index in [0.29, 0.717) is 26.6 Å². The Labute approximate surface area is 170 Å². The van der Waals surface area contributed by atoms with Crippen LogP contribution in [0.25, 0.3) is 10.2 Å². The van der Waals surface area contributed by atoms with Crippen LogP contribution in [0.2, 0.25) is 0 Å². The highest BCUT2D eigenvalue weighted by Crippen LogP contribution is 2.28. The van der Waals surface area contributed by atoms with Gasteiger partial charge < -0.3 is 0 Å². The Morgan fingerprint density at radius 3 is 2.50 bits per heavy atom. The van der Waals surface area contributed by atoms with E-state index in [9.17, 15) is 18.0 Å². The number of carbonyl (C=O) groups excluding carboxylic acids is 1. The van der Waals surface area contributed by atoms with Gasteiger partial charge in [-0.25, -0.2) is 13.4 Å². The van der Waals surface area contributed by atoms with Gasteiger partial charge in [0.25, 0.3) is 5.56 Å². The van der Waals surface area contributed by atoms with Gasteiger partial charge in [-0.05, 0) is 43.7 Å². The molecule has 0 unspecified atom stereocenters. The zero-order valence-corrected chi connectivity index (χ0v) is 18.2. The molecule has 0 atom stereocenters. The molecular formula is C18H19N3O4S3. The lowest BCUT2D eigenvalue weighted by atomic mass is 10.1. The van der Waals surface area contributed by atoms with Crippen LogP contribution in [-0.4, -0.2) is 35.8 Å². The van der Waals surface area contributed by atoms with Crippen LogP contribution in [0.5, 0.6) is 0 Å². The highest BCUT2D eigenvalue weighted by atomic mass is 32.2. The van der Waals surface area contributed by atoms with Crippen LogP contribution in [0, 0.1) is 13.8 Å². The first-order valence-electron chi connectivity index (χ1n) is 8.27. The average Bonchev–Trinajstić information content (AvgIpc) is 2.90. The predicted octanol–water partition coefficient (Wildman–Crippen LogP) is 2.96. The minimum absolute atomic E-state index is 0.113. The van der Waals surface area contributed by atoms with Gasteiger partial charge in [0.2, 0.25) is 10.0 Å². The van der Waals surface area contributed by atoms with Crippen molar-refractivity contribution in [1.29, 1.82) is 0 Å². The summed E-state index contributed by atoms with van der Waals surface area (Å²) in [4.78, 5) is 31.4. The fourth-order valence-electron chi connectivity index (χ4n) is 2.64. The number of anilines is 1. The largest absolute Gasteiger partial charge is 0.293 e. The lowest BCUT2D eigenvalue weighted by molar-refractivity contribution is 0.102. The number of sulfonamides is 1. The molecule has 3 rings (SSSR count). The fraction of sp³-hybridized carbons (Fsp3) is 0.278. The smallest absolute Gasteiger partial charge is 0.262 e. The number of benzene rings is 1. The van der Waals surface area contributed by atoms with Gasteiger partial charge in [-0.2, -0.15) is 0 Å². The number of aromatic nitrogens is 2. The molecule has 0 saturated carbocycles. The molecule has 2 heterocycles. The number of Topliss-reactive ketones (excluding diaryl/α,β-unsaturated/α-hetero) is 1. The average molecular weight is 438 g/mol. The first-order chi connectivity index (χ1) is 13.1. The Balaban J connectivity index is 1.78. The quantitative estimate of drug-likeness (QED) is 0.362. The van der Waals surface area contributed by atoms with Crippen molar-refractivity contribution in [2.45, 2.75) is 19.0 Å². The van der Waals surface area contributed by atoms with E-state index in [2.05, 4.69) is 9.71 Å². The predicted molar refractivity (Wildman–Crippen MR) is 114 cm³/mol. The van der Waals surface area contributed by atoms with Gasteiger partial charge in [-0.15, -0.1) is 11.3 Å². The highest BCUT2D eigenvalue weighted by Gasteiger charge is 2.16. The second-order valence-corrected chi connectivity index (χ2v) is 10.3. The van der Waals surface area contributed by atoms with Gasteiger partial charge in [0.15, 0.2) is 10.9 Å². The van der Waals surface area contributed by atoms with Crippen molar-refractivity contribution >= 4 is 54.8 Å². The Bertz CT molecular complexity index is 1230. The first kappa shape index (κ1) is 20.6. The Morgan fingerprint density at radius 1 is 1.25 bits per heavy atom. The molecule has 0 bridgehead atoms. The number of hydrogen-bond acceptors (Lipinski definition) is 7. The summed E-state index contributed by atoms with van der Waals surface area (Å²) >= 11 is 2.68. The fourth-order valence-corrected chi connectivity index (χ4v) is 5.14. The summed E-state index contributed by atoms with van der Waals surface area (Å²) in [6, 6.07) is 6.21. The summed E-state index contributed by atoms with van der Waals surface area (Å²) in [6.07, 6.45) is 1.06. The van der Waals surface area contributed by atoms with E-state index in [4.69, 9.17) is 0 Å². The van der Waals surface area contributed by atoms with Crippen molar-refractivity contribution in [2.75, 3.05) is 16.7 Å². The molecule has 7 nitrogen and oxygen atoms in total. The minimum atomic E-state index is -3.36. The summed E-state index contributed by atoms with van der Waals surface area (Å²) in [6.45, 7) is 3.87. The van der Waals surface area contributed by atoms with E-state index >= 15 is 0 Å². The van der Waals surface area contributed by atoms with Crippen molar-refractivity contribution in [3.63, 3.8) is 0 Å². The summed E-state index contributed by atoms with van der Waals surface area (Å²) < 4.78 is 26.3. The van der Waals surface area contributed by atoms with Crippen LogP contribution in [-0.2, 0) is 17.1 Å². The topological polar surface area (TPSA) is 98.1 Å². The summed E-state index contributed by atoms with van der Waals surface area (Å²) in [7, 11) is -1.71. The molecular weight excluding hydrogens is 418 g/mol. The number of carbonyl (C=O) groups is 1. The van der Waals surface area contributed by atoms with Crippen LogP contribution in [0.1, 0.15) is 20.8 Å². The number of thioether (sulfide) groups is 1. The Hall–Kier alpha value is -2.17. The van der Waals surface area contributed by atoms with Crippen molar-refractivity contribution in [1.82, 2.24) is 9.55 Å². The van der Waals surface area contributed by atoms with Crippen LogP contribution in [0.15, 0.2) is 34.2 Å². The molecule has 0 aliphatic carbocycles. The molecule has 0 amide bonds. The second kappa shape index (κ2) is 7.69. The second-order valence-electron chi connectivity index (χ2n) is 6.39. The van der Waals surface area contributed by atoms with Gasteiger partial charge in [-0.3, -0.25) is 18.9 Å². The lowest BCUT2D eigenvalue weighted by Gasteiger charge is -2.08. The van der Waals surface area contributed by atoms with Gasteiger partial charge in [0.05, 0.1) is 17.4 Å². The molecule has 0 fully saturated rings. The number of rotatable bonds is 6. The van der Waals surface area contributed by atoms with Gasteiger partial charge in [0.1, 0.15) is 4.83 Å². The maximum Gasteiger partial charge on any atom is 0.262 e. The van der Waals surface area contributed by atoms with Crippen LogP contribution in [0.3, 0.4) is 0 Å². The maximum absolute atomic E-state index is 12.6. The molecule has 28 heavy (non-hydrogen) atoms. The van der Waals surface area contributed by atoms with Crippen LogP contribution < -0.4 is 10.3 Å². The molecule has 0 radical (unpaired) electrons. The third-order valence-electron chi connectivity index (χ3n) is 4.21. The number of nitrogens with one attached hydrogen (secondary N) is 1. The minimum Gasteiger partial charge on any atom is -0.293 e. The van der Waals surface area contributed by atoms with Crippen LogP contribution in [0.4, 0.5) is 5.69 Å². The van der Waals surface area contributed by atoms with Gasteiger partial charge >= 0.3 is 0 Å². The van der Waals surface area contributed by atoms with Crippen molar-refractivity contribution < 1.29 is 13.2 Å². The number of thiophene rings is 1. The lowest BCUT2D eigenvalue weighted by Crippen LogP contribution is -2.20. The van der Waals surface area contributed by atoms with E-state index < -0.39 is 10.0 Å². The summed E-state index contributed by atoms with van der Waals surface area (Å²) in [5, 5.41) is 1.12. The third-order valence-corrected chi connectivity index (χ3v) is 6.95. The number of aryl methyl sites for hydroxylation is 2. The monoisotopic (exact) mass is 437 g/mol.